The minimum absolute atomic E-state index is 0.0175. The highest BCUT2D eigenvalue weighted by Crippen LogP contribution is 2.35. The fraction of sp³-hybridized carbons (Fsp3) is 0.429. The van der Waals surface area contributed by atoms with Crippen molar-refractivity contribution >= 4 is 12.1 Å². The SMILES string of the molecule is CC1=C(C[N+]2(C(C)C)C=CC=N2)C(=O)NC(C)(c2ccc(CO)cc2)C1. The fourth-order valence-electron chi connectivity index (χ4n) is 3.78. The highest BCUT2D eigenvalue weighted by atomic mass is 16.3. The lowest BCUT2D eigenvalue weighted by atomic mass is 9.80. The second-order valence-electron chi connectivity index (χ2n) is 7.82. The Labute approximate surface area is 155 Å². The van der Waals surface area contributed by atoms with Crippen molar-refractivity contribution in [3.63, 3.8) is 0 Å². The maximum absolute atomic E-state index is 13.0. The van der Waals surface area contributed by atoms with E-state index in [0.717, 1.165) is 28.7 Å². The van der Waals surface area contributed by atoms with E-state index in [-0.39, 0.29) is 18.6 Å². The first-order chi connectivity index (χ1) is 12.3. The molecule has 5 nitrogen and oxygen atoms in total. The quantitative estimate of drug-likeness (QED) is 0.799. The summed E-state index contributed by atoms with van der Waals surface area (Å²) in [5, 5.41) is 17.0. The van der Waals surface area contributed by atoms with Crippen LogP contribution in [0.25, 0.3) is 0 Å². The van der Waals surface area contributed by atoms with Gasteiger partial charge in [-0.05, 0) is 45.2 Å². The van der Waals surface area contributed by atoms with Gasteiger partial charge in [0.05, 0.1) is 23.9 Å². The van der Waals surface area contributed by atoms with Crippen LogP contribution in [0.1, 0.15) is 45.2 Å². The van der Waals surface area contributed by atoms with Gasteiger partial charge in [-0.3, -0.25) is 4.79 Å². The van der Waals surface area contributed by atoms with Crippen LogP contribution in [-0.4, -0.2) is 34.4 Å². The van der Waals surface area contributed by atoms with Gasteiger partial charge in [-0.1, -0.05) is 34.9 Å². The molecule has 26 heavy (non-hydrogen) atoms. The summed E-state index contributed by atoms with van der Waals surface area (Å²) in [5.41, 5.74) is 3.41. The summed E-state index contributed by atoms with van der Waals surface area (Å²) < 4.78 is 0.433. The minimum atomic E-state index is -0.439. The molecule has 1 aromatic carbocycles. The highest BCUT2D eigenvalue weighted by molar-refractivity contribution is 5.96. The lowest BCUT2D eigenvalue weighted by Gasteiger charge is -2.39. The van der Waals surface area contributed by atoms with E-state index in [1.54, 1.807) is 0 Å². The Morgan fingerprint density at radius 3 is 2.50 bits per heavy atom. The largest absolute Gasteiger partial charge is 0.392 e. The molecular formula is C21H28N3O2+. The lowest BCUT2D eigenvalue weighted by Crippen LogP contribution is -2.52. The fourth-order valence-corrected chi connectivity index (χ4v) is 3.78. The third-order valence-electron chi connectivity index (χ3n) is 5.59. The van der Waals surface area contributed by atoms with Gasteiger partial charge in [-0.2, -0.15) is 4.59 Å². The summed E-state index contributed by atoms with van der Waals surface area (Å²) in [6, 6.07) is 8.05. The van der Waals surface area contributed by atoms with Crippen molar-refractivity contribution in [2.45, 2.75) is 52.3 Å². The van der Waals surface area contributed by atoms with E-state index in [1.165, 1.54) is 0 Å². The molecule has 0 bridgehead atoms. The van der Waals surface area contributed by atoms with Gasteiger partial charge in [0.15, 0.2) is 0 Å². The average molecular weight is 354 g/mol. The standard InChI is InChI=1S/C21H27N3O2/c1-15(2)24(11-5-10-22-24)13-19-16(3)12-21(4,23-20(19)26)18-8-6-17(14-25)7-9-18/h5-11,15,25H,12-14H2,1-4H3/p+1. The van der Waals surface area contributed by atoms with E-state index in [2.05, 4.69) is 44.3 Å². The first kappa shape index (κ1) is 18.5. The zero-order valence-corrected chi connectivity index (χ0v) is 16.0. The molecule has 5 heteroatoms. The Morgan fingerprint density at radius 1 is 1.31 bits per heavy atom. The van der Waals surface area contributed by atoms with Crippen molar-refractivity contribution < 1.29 is 14.5 Å². The number of amides is 1. The molecule has 0 fully saturated rings. The maximum atomic E-state index is 13.0. The smallest absolute Gasteiger partial charge is 0.253 e. The Morgan fingerprint density at radius 2 is 2.00 bits per heavy atom. The van der Waals surface area contributed by atoms with Gasteiger partial charge in [0.25, 0.3) is 5.91 Å². The highest BCUT2D eigenvalue weighted by Gasteiger charge is 2.41. The number of nitrogens with zero attached hydrogens (tertiary/aromatic N) is 2. The number of quaternary nitrogens is 1. The molecular weight excluding hydrogens is 326 g/mol. The minimum Gasteiger partial charge on any atom is -0.392 e. The molecule has 0 radical (unpaired) electrons. The topological polar surface area (TPSA) is 61.7 Å². The lowest BCUT2D eigenvalue weighted by molar-refractivity contribution is -0.899. The molecule has 2 unspecified atom stereocenters. The van der Waals surface area contributed by atoms with Crippen molar-refractivity contribution in [2.75, 3.05) is 6.54 Å². The zero-order chi connectivity index (χ0) is 18.9. The number of aliphatic hydroxyl groups is 1. The van der Waals surface area contributed by atoms with Gasteiger partial charge in [0.1, 0.15) is 18.8 Å². The third-order valence-corrected chi connectivity index (χ3v) is 5.59. The van der Waals surface area contributed by atoms with Crippen molar-refractivity contribution in [3.05, 3.63) is 58.8 Å². The van der Waals surface area contributed by atoms with Gasteiger partial charge < -0.3 is 10.4 Å². The first-order valence-corrected chi connectivity index (χ1v) is 9.12. The summed E-state index contributed by atoms with van der Waals surface area (Å²) in [4.78, 5) is 13.0. The van der Waals surface area contributed by atoms with Gasteiger partial charge >= 0.3 is 0 Å². The molecule has 0 spiro atoms. The molecule has 138 valence electrons. The number of carbonyl (C=O) groups is 1. The Bertz CT molecular complexity index is 778. The molecule has 0 aromatic heterocycles. The van der Waals surface area contributed by atoms with Crippen LogP contribution in [0.5, 0.6) is 0 Å². The summed E-state index contributed by atoms with van der Waals surface area (Å²) in [7, 11) is 0. The van der Waals surface area contributed by atoms with E-state index < -0.39 is 5.54 Å². The molecule has 1 amide bonds. The number of rotatable bonds is 5. The van der Waals surface area contributed by atoms with Crippen LogP contribution in [0.2, 0.25) is 0 Å². The molecule has 2 atom stereocenters. The van der Waals surface area contributed by atoms with E-state index in [0.29, 0.717) is 11.1 Å². The molecule has 1 aromatic rings. The van der Waals surface area contributed by atoms with Crippen LogP contribution in [-0.2, 0) is 16.9 Å². The number of nitrogens with one attached hydrogen (secondary N) is 1. The molecule has 0 saturated heterocycles. The number of hydrogen-bond donors (Lipinski definition) is 2. The van der Waals surface area contributed by atoms with E-state index >= 15 is 0 Å². The van der Waals surface area contributed by atoms with Crippen molar-refractivity contribution in [1.29, 1.82) is 0 Å². The van der Waals surface area contributed by atoms with Gasteiger partial charge in [0, 0.05) is 6.08 Å². The van der Waals surface area contributed by atoms with Gasteiger partial charge in [-0.15, -0.1) is 0 Å². The predicted molar refractivity (Wildman–Crippen MR) is 103 cm³/mol. The van der Waals surface area contributed by atoms with E-state index in [1.807, 2.05) is 36.6 Å². The molecule has 2 aliphatic rings. The van der Waals surface area contributed by atoms with E-state index in [9.17, 15) is 9.90 Å². The molecule has 2 aliphatic heterocycles. The Hall–Kier alpha value is -2.24. The zero-order valence-electron chi connectivity index (χ0n) is 16.0. The average Bonchev–Trinajstić information content (AvgIpc) is 3.08. The maximum Gasteiger partial charge on any atom is 0.253 e. The van der Waals surface area contributed by atoms with Gasteiger partial charge in [0.2, 0.25) is 0 Å². The monoisotopic (exact) mass is 354 g/mol. The first-order valence-electron chi connectivity index (χ1n) is 9.12. The third kappa shape index (κ3) is 3.24. The molecule has 2 heterocycles. The summed E-state index contributed by atoms with van der Waals surface area (Å²) >= 11 is 0. The number of carbonyl (C=O) groups excluding carboxylic acids is 1. The molecule has 0 aliphatic carbocycles. The van der Waals surface area contributed by atoms with Crippen LogP contribution in [0, 0.1) is 0 Å². The Kier molecular flexibility index (Phi) is 4.86. The van der Waals surface area contributed by atoms with Crippen molar-refractivity contribution in [3.8, 4) is 0 Å². The van der Waals surface area contributed by atoms with E-state index in [4.69, 9.17) is 0 Å². The van der Waals surface area contributed by atoms with Crippen LogP contribution in [0.4, 0.5) is 0 Å². The normalized spacial score (nSPS) is 28.2. The Balaban J connectivity index is 1.89. The second-order valence-corrected chi connectivity index (χ2v) is 7.82. The summed E-state index contributed by atoms with van der Waals surface area (Å²) in [6.07, 6.45) is 6.57. The van der Waals surface area contributed by atoms with Crippen LogP contribution >= 0.6 is 0 Å². The number of benzene rings is 1. The van der Waals surface area contributed by atoms with Crippen molar-refractivity contribution in [2.24, 2.45) is 5.10 Å². The number of hydrogen-bond acceptors (Lipinski definition) is 3. The second kappa shape index (κ2) is 6.82. The van der Waals surface area contributed by atoms with Crippen LogP contribution < -0.4 is 5.32 Å². The van der Waals surface area contributed by atoms with Gasteiger partial charge in [-0.25, -0.2) is 0 Å². The summed E-state index contributed by atoms with van der Waals surface area (Å²) in [6.45, 7) is 8.94. The molecule has 3 rings (SSSR count). The molecule has 2 N–H and O–H groups in total. The number of aliphatic hydroxyl groups excluding tert-OH is 1. The van der Waals surface area contributed by atoms with Crippen LogP contribution in [0.3, 0.4) is 0 Å². The van der Waals surface area contributed by atoms with Crippen molar-refractivity contribution in [1.82, 2.24) is 5.32 Å². The summed E-state index contributed by atoms with van der Waals surface area (Å²) in [5.74, 6) is -0.0175. The van der Waals surface area contributed by atoms with Crippen LogP contribution in [0.15, 0.2) is 52.8 Å². The molecule has 0 saturated carbocycles. The number of allylic oxidation sites excluding steroid dienone is 1. The predicted octanol–water partition coefficient (Wildman–Crippen LogP) is 2.97.